The fourth-order valence-electron chi connectivity index (χ4n) is 3.54. The third-order valence-corrected chi connectivity index (χ3v) is 7.24. The molecule has 32 heavy (non-hydrogen) atoms. The molecule has 4 N–H and O–H groups in total. The predicted molar refractivity (Wildman–Crippen MR) is 125 cm³/mol. The van der Waals surface area contributed by atoms with Crippen molar-refractivity contribution in [2.24, 2.45) is 5.14 Å². The molecule has 0 amide bonds. The first-order chi connectivity index (χ1) is 15.4. The van der Waals surface area contributed by atoms with E-state index < -0.39 is 10.0 Å². The summed E-state index contributed by atoms with van der Waals surface area (Å²) < 4.78 is 30.0. The van der Waals surface area contributed by atoms with Gasteiger partial charge in [0.1, 0.15) is 5.82 Å². The number of anilines is 2. The molecule has 1 aromatic carbocycles. The number of hydrogen-bond donors (Lipinski definition) is 2. The third kappa shape index (κ3) is 4.02. The molecule has 0 atom stereocenters. The van der Waals surface area contributed by atoms with E-state index in [4.69, 9.17) is 25.6 Å². The monoisotopic (exact) mass is 468 g/mol. The Labute approximate surface area is 188 Å². The maximum absolute atomic E-state index is 11.8. The van der Waals surface area contributed by atoms with Crippen LogP contribution in [0.25, 0.3) is 32.0 Å². The van der Waals surface area contributed by atoms with E-state index in [-0.39, 0.29) is 4.90 Å². The number of benzene rings is 1. The van der Waals surface area contributed by atoms with Crippen molar-refractivity contribution in [2.45, 2.75) is 4.90 Å². The highest BCUT2D eigenvalue weighted by molar-refractivity contribution is 7.89. The van der Waals surface area contributed by atoms with Gasteiger partial charge in [0.15, 0.2) is 11.6 Å². The van der Waals surface area contributed by atoms with Crippen LogP contribution in [0.5, 0.6) is 0 Å². The zero-order valence-electron chi connectivity index (χ0n) is 16.9. The Bertz CT molecular complexity index is 1400. The summed E-state index contributed by atoms with van der Waals surface area (Å²) in [4.78, 5) is 16.9. The van der Waals surface area contributed by atoms with Crippen LogP contribution in [0, 0.1) is 0 Å². The number of sulfonamides is 1. The van der Waals surface area contributed by atoms with E-state index in [1.54, 1.807) is 24.4 Å². The number of nitrogens with zero attached hydrogens (tertiary/aromatic N) is 4. The van der Waals surface area contributed by atoms with Crippen LogP contribution in [-0.2, 0) is 14.8 Å². The average molecular weight is 469 g/mol. The normalized spacial score (nSPS) is 14.7. The number of hydrogen-bond acceptors (Lipinski definition) is 9. The summed E-state index contributed by atoms with van der Waals surface area (Å²) in [6, 6.07) is 12.1. The van der Waals surface area contributed by atoms with Gasteiger partial charge in [-0.3, -0.25) is 0 Å². The minimum absolute atomic E-state index is 0.0700. The first kappa shape index (κ1) is 20.8. The molecule has 0 radical (unpaired) electrons. The number of ether oxygens (including phenoxy) is 1. The van der Waals surface area contributed by atoms with E-state index in [1.165, 1.54) is 17.4 Å². The molecule has 0 aliphatic carbocycles. The van der Waals surface area contributed by atoms with Crippen LogP contribution in [0.1, 0.15) is 0 Å². The number of morpholine rings is 1. The molecule has 0 saturated carbocycles. The largest absolute Gasteiger partial charge is 0.384 e. The maximum Gasteiger partial charge on any atom is 0.238 e. The number of nitrogen functional groups attached to an aromatic ring is 1. The first-order valence-corrected chi connectivity index (χ1v) is 12.2. The van der Waals surface area contributed by atoms with Crippen molar-refractivity contribution in [1.29, 1.82) is 0 Å². The zero-order chi connectivity index (χ0) is 22.3. The van der Waals surface area contributed by atoms with Crippen molar-refractivity contribution in [3.8, 4) is 21.8 Å². The van der Waals surface area contributed by atoms with Crippen LogP contribution in [0.2, 0.25) is 0 Å². The molecule has 0 unspecified atom stereocenters. The van der Waals surface area contributed by atoms with E-state index in [0.29, 0.717) is 24.9 Å². The Morgan fingerprint density at radius 1 is 1.03 bits per heavy atom. The van der Waals surface area contributed by atoms with Gasteiger partial charge in [0.05, 0.1) is 28.3 Å². The molecule has 4 heterocycles. The molecule has 3 aromatic heterocycles. The fraction of sp³-hybridized carbons (Fsp3) is 0.190. The lowest BCUT2D eigenvalue weighted by molar-refractivity contribution is 0.122. The summed E-state index contributed by atoms with van der Waals surface area (Å²) in [7, 11) is -3.80. The van der Waals surface area contributed by atoms with Crippen LogP contribution in [0.15, 0.2) is 53.6 Å². The van der Waals surface area contributed by atoms with Gasteiger partial charge in [-0.2, -0.15) is 0 Å². The lowest BCUT2D eigenvalue weighted by Gasteiger charge is -2.28. The van der Waals surface area contributed by atoms with Gasteiger partial charge in [-0.25, -0.2) is 28.5 Å². The second kappa shape index (κ2) is 8.10. The summed E-state index contributed by atoms with van der Waals surface area (Å²) in [6.45, 7) is 2.69. The number of fused-ring (bicyclic) bond motifs is 1. The predicted octanol–water partition coefficient (Wildman–Crippen LogP) is 2.49. The highest BCUT2D eigenvalue weighted by Gasteiger charge is 2.21. The van der Waals surface area contributed by atoms with E-state index >= 15 is 0 Å². The van der Waals surface area contributed by atoms with Crippen LogP contribution >= 0.6 is 11.3 Å². The third-order valence-electron chi connectivity index (χ3n) is 5.16. The Morgan fingerprint density at radius 3 is 2.56 bits per heavy atom. The standard InChI is InChI=1S/C21H20N6O3S2/c22-18-5-4-14(12-24-18)20-25-16-11-17(13-2-1-3-15(10-13)32(23,28)29)31-19(16)21(26-20)27-6-8-30-9-7-27/h1-5,10-12H,6-9H2,(H2,22,24)(H2,23,28,29). The first-order valence-electron chi connectivity index (χ1n) is 9.88. The molecular weight excluding hydrogens is 448 g/mol. The quantitative estimate of drug-likeness (QED) is 0.466. The van der Waals surface area contributed by atoms with Crippen molar-refractivity contribution < 1.29 is 13.2 Å². The highest BCUT2D eigenvalue weighted by Crippen LogP contribution is 2.39. The van der Waals surface area contributed by atoms with Crippen molar-refractivity contribution >= 4 is 43.2 Å². The molecule has 164 valence electrons. The number of thiophene rings is 1. The lowest BCUT2D eigenvalue weighted by atomic mass is 10.2. The second-order valence-electron chi connectivity index (χ2n) is 7.34. The van der Waals surface area contributed by atoms with Gasteiger partial charge in [0.2, 0.25) is 10.0 Å². The molecule has 11 heteroatoms. The van der Waals surface area contributed by atoms with Gasteiger partial charge in [0.25, 0.3) is 0 Å². The molecule has 0 spiro atoms. The second-order valence-corrected chi connectivity index (χ2v) is 9.95. The Balaban J connectivity index is 1.67. The van der Waals surface area contributed by atoms with Gasteiger partial charge in [-0.15, -0.1) is 11.3 Å². The van der Waals surface area contributed by atoms with Crippen molar-refractivity contribution in [3.63, 3.8) is 0 Å². The molecule has 1 saturated heterocycles. The average Bonchev–Trinajstić information content (AvgIpc) is 3.23. The molecule has 5 rings (SSSR count). The topological polar surface area (TPSA) is 137 Å². The Kier molecular flexibility index (Phi) is 5.25. The smallest absolute Gasteiger partial charge is 0.238 e. The number of aromatic nitrogens is 3. The van der Waals surface area contributed by atoms with Gasteiger partial charge in [-0.1, -0.05) is 12.1 Å². The highest BCUT2D eigenvalue weighted by atomic mass is 32.2. The summed E-state index contributed by atoms with van der Waals surface area (Å²) in [5, 5.41) is 5.32. The molecule has 1 aliphatic heterocycles. The summed E-state index contributed by atoms with van der Waals surface area (Å²) in [5.74, 6) is 1.80. The van der Waals surface area contributed by atoms with Crippen molar-refractivity contribution in [2.75, 3.05) is 36.9 Å². The van der Waals surface area contributed by atoms with Gasteiger partial charge < -0.3 is 15.4 Å². The summed E-state index contributed by atoms with van der Waals surface area (Å²) >= 11 is 1.52. The molecule has 4 aromatic rings. The molecule has 0 bridgehead atoms. The summed E-state index contributed by atoms with van der Waals surface area (Å²) in [6.07, 6.45) is 1.66. The Hall–Kier alpha value is -3.12. The van der Waals surface area contributed by atoms with Crippen molar-refractivity contribution in [1.82, 2.24) is 15.0 Å². The molecule has 9 nitrogen and oxygen atoms in total. The minimum Gasteiger partial charge on any atom is -0.384 e. The van der Waals surface area contributed by atoms with E-state index in [2.05, 4.69) is 9.88 Å². The molecule has 1 aliphatic rings. The number of nitrogens with two attached hydrogens (primary N) is 2. The fourth-order valence-corrected chi connectivity index (χ4v) is 5.21. The van der Waals surface area contributed by atoms with E-state index in [0.717, 1.165) is 45.1 Å². The van der Waals surface area contributed by atoms with Gasteiger partial charge >= 0.3 is 0 Å². The van der Waals surface area contributed by atoms with Crippen LogP contribution in [-0.4, -0.2) is 49.7 Å². The number of pyridine rings is 1. The van der Waals surface area contributed by atoms with Crippen LogP contribution in [0.4, 0.5) is 11.6 Å². The molecular formula is C21H20N6O3S2. The minimum atomic E-state index is -3.80. The maximum atomic E-state index is 11.8. The lowest BCUT2D eigenvalue weighted by Crippen LogP contribution is -2.36. The van der Waals surface area contributed by atoms with Crippen molar-refractivity contribution in [3.05, 3.63) is 48.7 Å². The SMILES string of the molecule is Nc1ccc(-c2nc(N3CCOCC3)c3sc(-c4cccc(S(N)(=O)=O)c4)cc3n2)cn1. The van der Waals surface area contributed by atoms with Crippen LogP contribution in [0.3, 0.4) is 0 Å². The zero-order valence-corrected chi connectivity index (χ0v) is 18.6. The van der Waals surface area contributed by atoms with E-state index in [1.807, 2.05) is 18.2 Å². The number of primary sulfonamides is 1. The summed E-state index contributed by atoms with van der Waals surface area (Å²) in [5.41, 5.74) is 8.02. The number of rotatable bonds is 4. The van der Waals surface area contributed by atoms with Gasteiger partial charge in [-0.05, 0) is 35.9 Å². The Morgan fingerprint density at radius 2 is 1.84 bits per heavy atom. The van der Waals surface area contributed by atoms with E-state index in [9.17, 15) is 8.42 Å². The molecule has 1 fully saturated rings. The van der Waals surface area contributed by atoms with Gasteiger partial charge in [0, 0.05) is 29.7 Å². The van der Waals surface area contributed by atoms with Crippen LogP contribution < -0.4 is 15.8 Å².